The molecule has 0 aliphatic heterocycles. The van der Waals surface area contributed by atoms with Crippen molar-refractivity contribution in [1.82, 2.24) is 0 Å². The van der Waals surface area contributed by atoms with Gasteiger partial charge in [-0.05, 0) is 24.1 Å². The zero-order valence-corrected chi connectivity index (χ0v) is 14.8. The second kappa shape index (κ2) is 7.94. The number of amides is 1. The van der Waals surface area contributed by atoms with Crippen LogP contribution < -0.4 is 5.32 Å². The Labute approximate surface area is 151 Å². The zero-order valence-electron chi connectivity index (χ0n) is 14.1. The van der Waals surface area contributed by atoms with Crippen molar-refractivity contribution in [3.63, 3.8) is 0 Å². The monoisotopic (exact) mass is 358 g/mol. The van der Waals surface area contributed by atoms with E-state index in [1.165, 1.54) is 18.2 Å². The molecule has 1 atom stereocenters. The number of nitro groups is 1. The minimum absolute atomic E-state index is 0.0789. The minimum atomic E-state index is -0.482. The van der Waals surface area contributed by atoms with Crippen LogP contribution in [0.3, 0.4) is 0 Å². The molecule has 6 heteroatoms. The van der Waals surface area contributed by atoms with Gasteiger partial charge in [0.25, 0.3) is 5.69 Å². The lowest BCUT2D eigenvalue weighted by molar-refractivity contribution is -0.384. The van der Waals surface area contributed by atoms with E-state index >= 15 is 0 Å². The van der Waals surface area contributed by atoms with Crippen LogP contribution in [0.2, 0.25) is 5.02 Å². The molecule has 25 heavy (non-hydrogen) atoms. The third-order valence-electron chi connectivity index (χ3n) is 4.06. The lowest BCUT2D eigenvalue weighted by atomic mass is 9.97. The number of anilines is 1. The third-order valence-corrected chi connectivity index (χ3v) is 4.39. The second-order valence-electron chi connectivity index (χ2n) is 5.74. The van der Waals surface area contributed by atoms with Crippen LogP contribution in [-0.2, 0) is 4.79 Å². The van der Waals surface area contributed by atoms with Crippen molar-refractivity contribution in [1.29, 1.82) is 0 Å². The lowest BCUT2D eigenvalue weighted by Gasteiger charge is -2.16. The van der Waals surface area contributed by atoms with Gasteiger partial charge in [-0.2, -0.15) is 0 Å². The van der Waals surface area contributed by atoms with Gasteiger partial charge in [-0.3, -0.25) is 14.9 Å². The van der Waals surface area contributed by atoms with Crippen LogP contribution in [0.4, 0.5) is 11.4 Å². The molecular formula is C19H19ClN2O3. The molecular weight excluding hydrogens is 340 g/mol. The van der Waals surface area contributed by atoms with Crippen molar-refractivity contribution in [3.8, 4) is 0 Å². The van der Waals surface area contributed by atoms with Gasteiger partial charge in [0.1, 0.15) is 0 Å². The van der Waals surface area contributed by atoms with Crippen LogP contribution in [0.15, 0.2) is 49.0 Å². The van der Waals surface area contributed by atoms with Crippen LogP contribution >= 0.6 is 11.6 Å². The maximum Gasteiger partial charge on any atom is 0.270 e. The molecule has 0 aliphatic rings. The first-order chi connectivity index (χ1) is 11.8. The van der Waals surface area contributed by atoms with E-state index in [4.69, 9.17) is 11.6 Å². The summed E-state index contributed by atoms with van der Waals surface area (Å²) >= 11 is 6.22. The smallest absolute Gasteiger partial charge is 0.270 e. The zero-order chi connectivity index (χ0) is 18.6. The van der Waals surface area contributed by atoms with E-state index in [0.29, 0.717) is 33.8 Å². The molecule has 130 valence electrons. The first-order valence-corrected chi connectivity index (χ1v) is 8.26. The molecule has 1 unspecified atom stereocenters. The van der Waals surface area contributed by atoms with E-state index in [1.807, 2.05) is 13.8 Å². The van der Waals surface area contributed by atoms with Crippen LogP contribution in [0, 0.1) is 16.0 Å². The Morgan fingerprint density at radius 1 is 1.28 bits per heavy atom. The normalized spacial score (nSPS) is 11.6. The van der Waals surface area contributed by atoms with Gasteiger partial charge in [0.15, 0.2) is 0 Å². The van der Waals surface area contributed by atoms with E-state index in [2.05, 4.69) is 11.9 Å². The number of non-ortho nitro benzene ring substituents is 1. The molecule has 2 aromatic carbocycles. The van der Waals surface area contributed by atoms with Crippen molar-refractivity contribution < 1.29 is 9.72 Å². The van der Waals surface area contributed by atoms with Gasteiger partial charge >= 0.3 is 0 Å². The fourth-order valence-electron chi connectivity index (χ4n) is 2.30. The van der Waals surface area contributed by atoms with Crippen molar-refractivity contribution >= 4 is 34.5 Å². The Kier molecular flexibility index (Phi) is 5.93. The molecule has 0 fully saturated rings. The number of benzene rings is 2. The summed E-state index contributed by atoms with van der Waals surface area (Å²) in [7, 11) is 0. The molecule has 2 aromatic rings. The SMILES string of the molecule is C=C(c1ccccc1Cl)c1cc([N+](=O)[O-])ccc1NC(=O)C(C)CC. The number of carbonyl (C=O) groups excluding carboxylic acids is 1. The lowest BCUT2D eigenvalue weighted by Crippen LogP contribution is -2.20. The van der Waals surface area contributed by atoms with Crippen LogP contribution in [-0.4, -0.2) is 10.8 Å². The van der Waals surface area contributed by atoms with Crippen LogP contribution in [0.5, 0.6) is 0 Å². The van der Waals surface area contributed by atoms with Gasteiger partial charge in [-0.15, -0.1) is 0 Å². The summed E-state index contributed by atoms with van der Waals surface area (Å²) in [5, 5.41) is 14.4. The van der Waals surface area contributed by atoms with Crippen LogP contribution in [0.25, 0.3) is 5.57 Å². The number of nitrogens with one attached hydrogen (secondary N) is 1. The van der Waals surface area contributed by atoms with E-state index in [1.54, 1.807) is 24.3 Å². The van der Waals surface area contributed by atoms with Crippen molar-refractivity contribution in [3.05, 3.63) is 75.3 Å². The van der Waals surface area contributed by atoms with Gasteiger partial charge < -0.3 is 5.32 Å². The van der Waals surface area contributed by atoms with Gasteiger partial charge in [-0.1, -0.05) is 50.2 Å². The molecule has 0 radical (unpaired) electrons. The van der Waals surface area contributed by atoms with Gasteiger partial charge in [0, 0.05) is 39.9 Å². The highest BCUT2D eigenvalue weighted by atomic mass is 35.5. The van der Waals surface area contributed by atoms with Gasteiger partial charge in [-0.25, -0.2) is 0 Å². The van der Waals surface area contributed by atoms with E-state index in [-0.39, 0.29) is 17.5 Å². The summed E-state index contributed by atoms with van der Waals surface area (Å²) in [5.41, 5.74) is 2.03. The molecule has 0 spiro atoms. The quantitative estimate of drug-likeness (QED) is 0.563. The first-order valence-electron chi connectivity index (χ1n) is 7.88. The second-order valence-corrected chi connectivity index (χ2v) is 6.15. The largest absolute Gasteiger partial charge is 0.325 e. The predicted octanol–water partition coefficient (Wildman–Crippen LogP) is 5.29. The number of rotatable bonds is 6. The highest BCUT2D eigenvalue weighted by molar-refractivity contribution is 6.32. The summed E-state index contributed by atoms with van der Waals surface area (Å²) in [6.07, 6.45) is 0.694. The standard InChI is InChI=1S/C19H19ClN2O3/c1-4-12(2)19(23)21-18-10-9-14(22(24)25)11-16(18)13(3)15-7-5-6-8-17(15)20/h5-12H,3-4H2,1-2H3,(H,21,23). The summed E-state index contributed by atoms with van der Waals surface area (Å²) < 4.78 is 0. The molecule has 0 saturated heterocycles. The first kappa shape index (κ1) is 18.7. The fourth-order valence-corrected chi connectivity index (χ4v) is 2.55. The Morgan fingerprint density at radius 2 is 1.96 bits per heavy atom. The highest BCUT2D eigenvalue weighted by Crippen LogP contribution is 2.34. The van der Waals surface area contributed by atoms with E-state index < -0.39 is 4.92 Å². The Bertz CT molecular complexity index is 833. The Balaban J connectivity index is 2.51. The fraction of sp³-hybridized carbons (Fsp3) is 0.211. The third kappa shape index (κ3) is 4.25. The van der Waals surface area contributed by atoms with Gasteiger partial charge in [0.2, 0.25) is 5.91 Å². The molecule has 0 heterocycles. The number of hydrogen-bond acceptors (Lipinski definition) is 3. The minimum Gasteiger partial charge on any atom is -0.325 e. The van der Waals surface area contributed by atoms with Crippen molar-refractivity contribution in [2.24, 2.45) is 5.92 Å². The Morgan fingerprint density at radius 3 is 2.56 bits per heavy atom. The summed E-state index contributed by atoms with van der Waals surface area (Å²) in [6, 6.07) is 11.4. The average Bonchev–Trinajstić information content (AvgIpc) is 2.60. The van der Waals surface area contributed by atoms with Crippen molar-refractivity contribution in [2.75, 3.05) is 5.32 Å². The number of nitro benzene ring substituents is 1. The number of carbonyl (C=O) groups is 1. The molecule has 0 saturated carbocycles. The predicted molar refractivity (Wildman–Crippen MR) is 101 cm³/mol. The summed E-state index contributed by atoms with van der Waals surface area (Å²) in [6.45, 7) is 7.77. The van der Waals surface area contributed by atoms with Crippen LogP contribution in [0.1, 0.15) is 31.4 Å². The topological polar surface area (TPSA) is 72.2 Å². The molecule has 0 aromatic heterocycles. The van der Waals surface area contributed by atoms with Crippen molar-refractivity contribution in [2.45, 2.75) is 20.3 Å². The molecule has 2 rings (SSSR count). The summed E-state index contributed by atoms with van der Waals surface area (Å²) in [5.74, 6) is -0.318. The molecule has 1 N–H and O–H groups in total. The summed E-state index contributed by atoms with van der Waals surface area (Å²) in [4.78, 5) is 22.9. The van der Waals surface area contributed by atoms with Gasteiger partial charge in [0.05, 0.1) is 4.92 Å². The van der Waals surface area contributed by atoms with E-state index in [9.17, 15) is 14.9 Å². The van der Waals surface area contributed by atoms with E-state index in [0.717, 1.165) is 0 Å². The molecule has 5 nitrogen and oxygen atoms in total. The number of hydrogen-bond donors (Lipinski definition) is 1. The Hall–Kier alpha value is -2.66. The number of halogens is 1. The highest BCUT2D eigenvalue weighted by Gasteiger charge is 2.18. The number of nitrogens with zero attached hydrogens (tertiary/aromatic N) is 1. The maximum absolute atomic E-state index is 12.2. The maximum atomic E-state index is 12.2. The molecule has 0 bridgehead atoms. The average molecular weight is 359 g/mol. The molecule has 1 amide bonds. The molecule has 0 aliphatic carbocycles.